The van der Waals surface area contributed by atoms with Crippen LogP contribution in [0, 0.1) is 11.3 Å². The Morgan fingerprint density at radius 2 is 1.74 bits per heavy atom. The van der Waals surface area contributed by atoms with Crippen molar-refractivity contribution in [2.75, 3.05) is 0 Å². The Labute approximate surface area is 212 Å². The van der Waals surface area contributed by atoms with Crippen LogP contribution in [0.15, 0.2) is 70.6 Å². The van der Waals surface area contributed by atoms with Crippen LogP contribution >= 0.6 is 23.1 Å². The number of aromatic nitrogens is 4. The quantitative estimate of drug-likeness (QED) is 0.263. The third kappa shape index (κ3) is 3.91. The molecule has 0 saturated carbocycles. The van der Waals surface area contributed by atoms with Gasteiger partial charge in [0.1, 0.15) is 4.83 Å². The van der Waals surface area contributed by atoms with Crippen LogP contribution in [0.4, 0.5) is 0 Å². The lowest BCUT2D eigenvalue weighted by Crippen LogP contribution is -2.27. The maximum absolute atomic E-state index is 14.0. The molecule has 6 rings (SSSR count). The highest BCUT2D eigenvalue weighted by atomic mass is 32.2. The van der Waals surface area contributed by atoms with E-state index in [0.29, 0.717) is 11.7 Å². The third-order valence-electron chi connectivity index (χ3n) is 7.13. The second-order valence-corrected chi connectivity index (χ2v) is 12.4. The fourth-order valence-corrected chi connectivity index (χ4v) is 7.47. The van der Waals surface area contributed by atoms with Crippen molar-refractivity contribution in [2.24, 2.45) is 11.3 Å². The van der Waals surface area contributed by atoms with E-state index in [1.807, 2.05) is 36.4 Å². The van der Waals surface area contributed by atoms with Crippen molar-refractivity contribution in [3.8, 4) is 5.69 Å². The molecule has 1 atom stereocenters. The SMILES string of the molecule is CC(C)(C)[C@H]1CCc2c(sc3c2c(=O)n(-c2ccccc2)c2nnc(SCc4ccccc4)n32)C1. The first-order valence-electron chi connectivity index (χ1n) is 12.1. The van der Waals surface area contributed by atoms with Crippen molar-refractivity contribution < 1.29 is 0 Å². The Morgan fingerprint density at radius 3 is 2.46 bits per heavy atom. The Bertz CT molecular complexity index is 1580. The predicted octanol–water partition coefficient (Wildman–Crippen LogP) is 6.54. The average Bonchev–Trinajstić information content (AvgIpc) is 3.45. The molecule has 0 N–H and O–H groups in total. The molecule has 1 aliphatic rings. The van der Waals surface area contributed by atoms with Gasteiger partial charge in [-0.1, -0.05) is 81.1 Å². The molecule has 35 heavy (non-hydrogen) atoms. The monoisotopic (exact) mass is 500 g/mol. The van der Waals surface area contributed by atoms with Crippen molar-refractivity contribution in [2.45, 2.75) is 50.9 Å². The maximum Gasteiger partial charge on any atom is 0.268 e. The molecule has 3 heterocycles. The Kier molecular flexibility index (Phi) is 5.57. The predicted molar refractivity (Wildman–Crippen MR) is 145 cm³/mol. The van der Waals surface area contributed by atoms with E-state index in [1.54, 1.807) is 27.7 Å². The summed E-state index contributed by atoms with van der Waals surface area (Å²) in [5.41, 5.74) is 3.55. The van der Waals surface area contributed by atoms with Crippen LogP contribution in [-0.2, 0) is 18.6 Å². The van der Waals surface area contributed by atoms with Gasteiger partial charge in [0, 0.05) is 10.6 Å². The van der Waals surface area contributed by atoms with Crippen molar-refractivity contribution in [1.29, 1.82) is 0 Å². The van der Waals surface area contributed by atoms with Gasteiger partial charge in [-0.25, -0.2) is 8.97 Å². The Morgan fingerprint density at radius 1 is 1.03 bits per heavy atom. The summed E-state index contributed by atoms with van der Waals surface area (Å²) in [5.74, 6) is 1.99. The molecule has 0 amide bonds. The van der Waals surface area contributed by atoms with Gasteiger partial charge in [0.2, 0.25) is 5.78 Å². The topological polar surface area (TPSA) is 52.2 Å². The van der Waals surface area contributed by atoms with Crippen LogP contribution in [0.2, 0.25) is 0 Å². The second kappa shape index (κ2) is 8.64. The smallest absolute Gasteiger partial charge is 0.268 e. The van der Waals surface area contributed by atoms with Gasteiger partial charge in [-0.05, 0) is 53.9 Å². The Balaban J connectivity index is 1.58. The van der Waals surface area contributed by atoms with Gasteiger partial charge in [0.25, 0.3) is 5.56 Å². The van der Waals surface area contributed by atoms with Crippen molar-refractivity contribution in [3.05, 3.63) is 87.0 Å². The van der Waals surface area contributed by atoms with Crippen LogP contribution < -0.4 is 5.56 Å². The Hall–Kier alpha value is -2.90. The van der Waals surface area contributed by atoms with E-state index in [2.05, 4.69) is 59.6 Å². The van der Waals surface area contributed by atoms with Crippen LogP contribution in [0.5, 0.6) is 0 Å². The number of thioether (sulfide) groups is 1. The van der Waals surface area contributed by atoms with Crippen LogP contribution in [0.3, 0.4) is 0 Å². The molecule has 3 aromatic heterocycles. The number of para-hydroxylation sites is 1. The molecule has 0 bridgehead atoms. The van der Waals surface area contributed by atoms with Crippen molar-refractivity contribution in [3.63, 3.8) is 0 Å². The molecule has 7 heteroatoms. The van der Waals surface area contributed by atoms with E-state index < -0.39 is 0 Å². The first kappa shape index (κ1) is 22.6. The number of rotatable bonds is 4. The van der Waals surface area contributed by atoms with Crippen LogP contribution in [-0.4, -0.2) is 19.2 Å². The van der Waals surface area contributed by atoms with E-state index in [9.17, 15) is 4.79 Å². The normalized spacial score (nSPS) is 16.1. The van der Waals surface area contributed by atoms with E-state index in [-0.39, 0.29) is 11.0 Å². The molecule has 0 unspecified atom stereocenters. The molecule has 0 fully saturated rings. The van der Waals surface area contributed by atoms with Crippen molar-refractivity contribution in [1.82, 2.24) is 19.2 Å². The highest BCUT2D eigenvalue weighted by Crippen LogP contribution is 2.43. The summed E-state index contributed by atoms with van der Waals surface area (Å²) in [6, 6.07) is 20.2. The molecule has 0 spiro atoms. The first-order chi connectivity index (χ1) is 16.9. The molecule has 178 valence electrons. The number of aryl methyl sites for hydroxylation is 1. The van der Waals surface area contributed by atoms with Crippen LogP contribution in [0.25, 0.3) is 21.7 Å². The number of benzene rings is 2. The van der Waals surface area contributed by atoms with Gasteiger partial charge < -0.3 is 0 Å². The lowest BCUT2D eigenvalue weighted by atomic mass is 9.72. The summed E-state index contributed by atoms with van der Waals surface area (Å²) in [6.07, 6.45) is 3.09. The van der Waals surface area contributed by atoms with Gasteiger partial charge >= 0.3 is 0 Å². The zero-order valence-corrected chi connectivity index (χ0v) is 21.8. The zero-order chi connectivity index (χ0) is 24.2. The van der Waals surface area contributed by atoms with Gasteiger partial charge in [0.15, 0.2) is 5.16 Å². The molecule has 0 saturated heterocycles. The minimum Gasteiger partial charge on any atom is -0.268 e. The molecule has 0 radical (unpaired) electrons. The van der Waals surface area contributed by atoms with Crippen molar-refractivity contribution >= 4 is 39.1 Å². The number of nitrogens with zero attached hydrogens (tertiary/aromatic N) is 4. The third-order valence-corrected chi connectivity index (χ3v) is 9.37. The number of thiophene rings is 1. The highest BCUT2D eigenvalue weighted by Gasteiger charge is 2.33. The van der Waals surface area contributed by atoms with Gasteiger partial charge in [0.05, 0.1) is 11.1 Å². The van der Waals surface area contributed by atoms with Gasteiger partial charge in [-0.2, -0.15) is 0 Å². The minimum atomic E-state index is 0.0115. The molecule has 2 aromatic carbocycles. The summed E-state index contributed by atoms with van der Waals surface area (Å²) in [4.78, 5) is 16.4. The maximum atomic E-state index is 14.0. The highest BCUT2D eigenvalue weighted by molar-refractivity contribution is 7.98. The van der Waals surface area contributed by atoms with E-state index in [1.165, 1.54) is 16.0 Å². The van der Waals surface area contributed by atoms with Crippen LogP contribution in [0.1, 0.15) is 43.2 Å². The lowest BCUT2D eigenvalue weighted by Gasteiger charge is -2.33. The molecular formula is C28H28N4OS2. The molecule has 5 aromatic rings. The summed E-state index contributed by atoms with van der Waals surface area (Å²) >= 11 is 3.43. The minimum absolute atomic E-state index is 0.0115. The molecule has 5 nitrogen and oxygen atoms in total. The first-order valence-corrected chi connectivity index (χ1v) is 13.9. The summed E-state index contributed by atoms with van der Waals surface area (Å²) < 4.78 is 3.86. The number of hydrogen-bond donors (Lipinski definition) is 0. The lowest BCUT2D eigenvalue weighted by molar-refractivity contribution is 0.218. The largest absolute Gasteiger partial charge is 0.268 e. The molecule has 1 aliphatic carbocycles. The van der Waals surface area contributed by atoms with Gasteiger partial charge in [-0.3, -0.25) is 4.79 Å². The molecular weight excluding hydrogens is 472 g/mol. The zero-order valence-electron chi connectivity index (χ0n) is 20.2. The number of fused-ring (bicyclic) bond motifs is 5. The van der Waals surface area contributed by atoms with Gasteiger partial charge in [-0.15, -0.1) is 21.5 Å². The number of hydrogen-bond acceptors (Lipinski definition) is 5. The summed E-state index contributed by atoms with van der Waals surface area (Å²) in [7, 11) is 0. The fourth-order valence-electron chi connectivity index (χ4n) is 5.10. The van der Waals surface area contributed by atoms with E-state index in [4.69, 9.17) is 0 Å². The summed E-state index contributed by atoms with van der Waals surface area (Å²) in [6.45, 7) is 6.98. The standard InChI is InChI=1S/C28H28N4OS2/c1-28(2,3)19-14-15-21-22(16-19)35-25-23(21)24(33)31(20-12-8-5-9-13-20)26-29-30-27(32(25)26)34-17-18-10-6-4-7-11-18/h4-13,19H,14-17H2,1-3H3/t19-/m0/s1. The second-order valence-electron chi connectivity index (χ2n) is 10.4. The molecule has 0 aliphatic heterocycles. The average molecular weight is 501 g/mol. The fraction of sp³-hybridized carbons (Fsp3) is 0.321. The summed E-state index contributed by atoms with van der Waals surface area (Å²) in [5, 5.41) is 10.8. The van der Waals surface area contributed by atoms with E-state index >= 15 is 0 Å². The van der Waals surface area contributed by atoms with E-state index in [0.717, 1.165) is 46.1 Å².